The van der Waals surface area contributed by atoms with Crippen molar-refractivity contribution in [3.05, 3.63) is 205 Å². The van der Waals surface area contributed by atoms with E-state index < -0.39 is 5.79 Å². The molecule has 4 heteroatoms. The number of pyridine rings is 1. The van der Waals surface area contributed by atoms with E-state index in [0.717, 1.165) is 72.4 Å². The Morgan fingerprint density at radius 3 is 1.67 bits per heavy atom. The van der Waals surface area contributed by atoms with Crippen LogP contribution in [0.2, 0.25) is 0 Å². The first-order valence-corrected chi connectivity index (χ1v) is 17.5. The largest absolute Gasteiger partial charge is 0.440 e. The highest BCUT2D eigenvalue weighted by Crippen LogP contribution is 2.53. The summed E-state index contributed by atoms with van der Waals surface area (Å²) in [6.45, 7) is 0. The summed E-state index contributed by atoms with van der Waals surface area (Å²) in [7, 11) is 0. The number of nitrogens with zero attached hydrogens (tertiary/aromatic N) is 2. The molecular weight excluding hydrogens is 637 g/mol. The summed E-state index contributed by atoms with van der Waals surface area (Å²) in [5.74, 6) is 0.311. The molecule has 0 fully saturated rings. The van der Waals surface area contributed by atoms with Gasteiger partial charge in [-0.3, -0.25) is 0 Å². The molecule has 2 aromatic heterocycles. The molecule has 4 nitrogen and oxygen atoms in total. The van der Waals surface area contributed by atoms with Crippen LogP contribution in [0, 0.1) is 0 Å². The highest BCUT2D eigenvalue weighted by Gasteiger charge is 2.46. The van der Waals surface area contributed by atoms with Crippen LogP contribution < -0.4 is 9.47 Å². The number of hydrogen-bond acceptors (Lipinski definition) is 3. The molecule has 3 heterocycles. The van der Waals surface area contributed by atoms with Crippen LogP contribution in [0.15, 0.2) is 194 Å². The zero-order valence-electron chi connectivity index (χ0n) is 28.2. The summed E-state index contributed by atoms with van der Waals surface area (Å²) >= 11 is 0. The molecule has 0 radical (unpaired) electrons. The number of benzene rings is 7. The summed E-state index contributed by atoms with van der Waals surface area (Å²) in [6, 6.07) is 67.0. The quantitative estimate of drug-likeness (QED) is 0.177. The summed E-state index contributed by atoms with van der Waals surface area (Å²) in [5.41, 5.74) is 11.2. The molecule has 0 unspecified atom stereocenters. The maximum absolute atomic E-state index is 7.13. The van der Waals surface area contributed by atoms with Crippen molar-refractivity contribution in [2.45, 2.75) is 5.79 Å². The minimum atomic E-state index is -1.13. The van der Waals surface area contributed by atoms with Crippen LogP contribution in [-0.2, 0) is 5.79 Å². The molecule has 0 atom stereocenters. The van der Waals surface area contributed by atoms with E-state index in [-0.39, 0.29) is 0 Å². The lowest BCUT2D eigenvalue weighted by Gasteiger charge is -2.28. The van der Waals surface area contributed by atoms with Crippen molar-refractivity contribution in [2.24, 2.45) is 0 Å². The topological polar surface area (TPSA) is 36.3 Å². The molecule has 246 valence electrons. The minimum Gasteiger partial charge on any atom is -0.440 e. The van der Waals surface area contributed by atoms with Crippen molar-refractivity contribution in [1.29, 1.82) is 0 Å². The molecule has 0 bridgehead atoms. The fourth-order valence-electron chi connectivity index (χ4n) is 7.54. The molecule has 10 rings (SSSR count). The number of aromatic nitrogens is 2. The fraction of sp³-hybridized carbons (Fsp3) is 0.0208. The average molecular weight is 669 g/mol. The first-order valence-electron chi connectivity index (χ1n) is 17.5. The van der Waals surface area contributed by atoms with E-state index >= 15 is 0 Å². The van der Waals surface area contributed by atoms with Gasteiger partial charge in [0.2, 0.25) is 0 Å². The Labute approximate surface area is 301 Å². The van der Waals surface area contributed by atoms with E-state index in [4.69, 9.17) is 14.5 Å². The molecule has 1 aliphatic heterocycles. The molecule has 0 aliphatic carbocycles. The van der Waals surface area contributed by atoms with Gasteiger partial charge in [-0.15, -0.1) is 0 Å². The van der Waals surface area contributed by atoms with Crippen molar-refractivity contribution in [3.63, 3.8) is 0 Å². The van der Waals surface area contributed by atoms with Gasteiger partial charge in [0.05, 0.1) is 33.5 Å². The monoisotopic (exact) mass is 668 g/mol. The van der Waals surface area contributed by atoms with E-state index in [0.29, 0.717) is 5.75 Å². The molecule has 52 heavy (non-hydrogen) atoms. The standard InChI is InChI=1S/C48H32N2O2/c1-5-16-33(17-6-1)35-20-15-21-36(30-35)42-32-39(31-41(49-42)34-18-7-2-8-19-34)50-43-27-14-13-26-40(43)46-44(50)28-29-45-47(46)52-48(51-45,37-22-9-3-10-23-37)38-24-11-4-12-25-38/h1-32H. The van der Waals surface area contributed by atoms with E-state index in [1.807, 2.05) is 54.6 Å². The van der Waals surface area contributed by atoms with E-state index in [1.54, 1.807) is 0 Å². The zero-order chi connectivity index (χ0) is 34.5. The smallest absolute Gasteiger partial charge is 0.305 e. The van der Waals surface area contributed by atoms with Crippen LogP contribution in [-0.4, -0.2) is 9.55 Å². The van der Waals surface area contributed by atoms with Gasteiger partial charge >= 0.3 is 5.79 Å². The van der Waals surface area contributed by atoms with Gasteiger partial charge in [-0.2, -0.15) is 0 Å². The first-order chi connectivity index (χ1) is 25.7. The molecule has 0 N–H and O–H groups in total. The lowest BCUT2D eigenvalue weighted by Crippen LogP contribution is -2.36. The molecule has 0 amide bonds. The second-order valence-electron chi connectivity index (χ2n) is 13.1. The van der Waals surface area contributed by atoms with E-state index in [2.05, 4.69) is 144 Å². The van der Waals surface area contributed by atoms with Crippen LogP contribution in [0.5, 0.6) is 11.5 Å². The maximum atomic E-state index is 7.13. The molecular formula is C48H32N2O2. The molecule has 7 aromatic carbocycles. The van der Waals surface area contributed by atoms with Gasteiger partial charge in [0.25, 0.3) is 0 Å². The highest BCUT2D eigenvalue weighted by molar-refractivity contribution is 6.13. The Balaban J connectivity index is 1.20. The first kappa shape index (κ1) is 30.0. The van der Waals surface area contributed by atoms with Crippen LogP contribution in [0.1, 0.15) is 11.1 Å². The Morgan fingerprint density at radius 1 is 0.423 bits per heavy atom. The van der Waals surface area contributed by atoms with E-state index in [9.17, 15) is 0 Å². The molecule has 0 saturated carbocycles. The number of ether oxygens (including phenoxy) is 2. The number of para-hydroxylation sites is 1. The van der Waals surface area contributed by atoms with Crippen LogP contribution in [0.3, 0.4) is 0 Å². The zero-order valence-corrected chi connectivity index (χ0v) is 28.2. The molecule has 0 saturated heterocycles. The van der Waals surface area contributed by atoms with Gasteiger partial charge in [0.15, 0.2) is 11.5 Å². The van der Waals surface area contributed by atoms with Gasteiger partial charge in [-0.05, 0) is 47.5 Å². The lowest BCUT2D eigenvalue weighted by molar-refractivity contribution is -0.0453. The predicted molar refractivity (Wildman–Crippen MR) is 210 cm³/mol. The van der Waals surface area contributed by atoms with Crippen molar-refractivity contribution < 1.29 is 9.47 Å². The number of rotatable bonds is 6. The van der Waals surface area contributed by atoms with Crippen molar-refractivity contribution >= 4 is 21.8 Å². The van der Waals surface area contributed by atoms with Crippen molar-refractivity contribution in [1.82, 2.24) is 9.55 Å². The lowest BCUT2D eigenvalue weighted by atomic mass is 9.97. The van der Waals surface area contributed by atoms with Crippen LogP contribution in [0.25, 0.3) is 61.1 Å². The Bertz CT molecular complexity index is 2680. The highest BCUT2D eigenvalue weighted by atomic mass is 16.7. The van der Waals surface area contributed by atoms with Crippen LogP contribution in [0.4, 0.5) is 0 Å². The normalized spacial score (nSPS) is 13.1. The average Bonchev–Trinajstić information content (AvgIpc) is 3.79. The van der Waals surface area contributed by atoms with Gasteiger partial charge < -0.3 is 14.0 Å². The summed E-state index contributed by atoms with van der Waals surface area (Å²) < 4.78 is 16.4. The maximum Gasteiger partial charge on any atom is 0.305 e. The molecule has 1 aliphatic rings. The molecule has 9 aromatic rings. The summed E-state index contributed by atoms with van der Waals surface area (Å²) in [4.78, 5) is 5.26. The Morgan fingerprint density at radius 2 is 0.981 bits per heavy atom. The fourth-order valence-corrected chi connectivity index (χ4v) is 7.54. The number of hydrogen-bond donors (Lipinski definition) is 0. The molecule has 0 spiro atoms. The van der Waals surface area contributed by atoms with Gasteiger partial charge in [0.1, 0.15) is 0 Å². The van der Waals surface area contributed by atoms with E-state index in [1.165, 1.54) is 5.56 Å². The summed E-state index contributed by atoms with van der Waals surface area (Å²) in [6.07, 6.45) is 0. The van der Waals surface area contributed by atoms with Gasteiger partial charge in [-0.1, -0.05) is 158 Å². The minimum absolute atomic E-state index is 0.709. The van der Waals surface area contributed by atoms with Gasteiger partial charge in [0, 0.05) is 27.6 Å². The Kier molecular flexibility index (Phi) is 7.00. The van der Waals surface area contributed by atoms with Crippen LogP contribution >= 0.6 is 0 Å². The predicted octanol–water partition coefficient (Wildman–Crippen LogP) is 11.9. The third kappa shape index (κ3) is 4.88. The third-order valence-electron chi connectivity index (χ3n) is 9.97. The Hall–Kier alpha value is -6.91. The SMILES string of the molecule is c1ccc(-c2cccc(-c3cc(-n4c5ccccc5c5c6c(ccc54)OC(c4ccccc4)(c4ccccc4)O6)cc(-c4ccccc4)n3)c2)cc1. The van der Waals surface area contributed by atoms with Crippen molar-refractivity contribution in [3.8, 4) is 50.8 Å². The third-order valence-corrected chi connectivity index (χ3v) is 9.97. The second-order valence-corrected chi connectivity index (χ2v) is 13.1. The second kappa shape index (κ2) is 12.1. The summed E-state index contributed by atoms with van der Waals surface area (Å²) in [5, 5.41) is 2.09. The van der Waals surface area contributed by atoms with Gasteiger partial charge in [-0.25, -0.2) is 4.98 Å². The number of fused-ring (bicyclic) bond motifs is 5. The van der Waals surface area contributed by atoms with Crippen molar-refractivity contribution in [2.75, 3.05) is 0 Å².